The van der Waals surface area contributed by atoms with Gasteiger partial charge < -0.3 is 9.47 Å². The lowest BCUT2D eigenvalue weighted by molar-refractivity contribution is 0.747. The van der Waals surface area contributed by atoms with Crippen molar-refractivity contribution in [2.45, 2.75) is 12.0 Å². The van der Waals surface area contributed by atoms with Crippen molar-refractivity contribution in [3.05, 3.63) is 181 Å². The summed E-state index contributed by atoms with van der Waals surface area (Å²) < 4.78 is 2.43. The molecule has 44 heavy (non-hydrogen) atoms. The van der Waals surface area contributed by atoms with Crippen molar-refractivity contribution in [2.24, 2.45) is 0 Å². The Labute approximate surface area is 257 Å². The lowest BCUT2D eigenvalue weighted by atomic mass is 9.86. The van der Waals surface area contributed by atoms with Crippen LogP contribution in [0.5, 0.6) is 0 Å². The zero-order valence-electron chi connectivity index (χ0n) is 24.2. The Bertz CT molecular complexity index is 2240. The largest absolute Gasteiger partial charge is 0.333 e. The quantitative estimate of drug-likeness (QED) is 0.207. The summed E-state index contributed by atoms with van der Waals surface area (Å²) in [4.78, 5) is 2.49. The van der Waals surface area contributed by atoms with Gasteiger partial charge in [-0.15, -0.1) is 0 Å². The van der Waals surface area contributed by atoms with E-state index in [9.17, 15) is 0 Å². The van der Waals surface area contributed by atoms with Gasteiger partial charge in [0.25, 0.3) is 0 Å². The van der Waals surface area contributed by atoms with E-state index in [2.05, 4.69) is 179 Å². The van der Waals surface area contributed by atoms with Crippen LogP contribution >= 0.6 is 0 Å². The standard InChI is InChI=1S/C42H30N2/c1-3-13-29(14-4-1)33-17-7-10-20-38(33)44-40-22-12-9-19-35(40)37-28-31(24-26-42(37)44)30-23-25-41-36(27-30)34-18-8-11-21-39(34)43(41)32-15-5-2-6-16-32/h1-28,36,41H. The van der Waals surface area contributed by atoms with E-state index in [1.807, 2.05) is 0 Å². The summed E-state index contributed by atoms with van der Waals surface area (Å²) in [6.45, 7) is 0. The highest BCUT2D eigenvalue weighted by Gasteiger charge is 2.38. The molecule has 2 heteroatoms. The van der Waals surface area contributed by atoms with Gasteiger partial charge in [-0.1, -0.05) is 127 Å². The molecule has 2 atom stereocenters. The number of anilines is 2. The van der Waals surface area contributed by atoms with Gasteiger partial charge >= 0.3 is 0 Å². The van der Waals surface area contributed by atoms with Gasteiger partial charge in [-0.3, -0.25) is 0 Å². The summed E-state index contributed by atoms with van der Waals surface area (Å²) in [5.74, 6) is 0.293. The fourth-order valence-corrected chi connectivity index (χ4v) is 7.37. The average molecular weight is 563 g/mol. The highest BCUT2D eigenvalue weighted by Crippen LogP contribution is 2.49. The Balaban J connectivity index is 1.18. The van der Waals surface area contributed by atoms with Crippen LogP contribution in [0.3, 0.4) is 0 Å². The minimum absolute atomic E-state index is 0.263. The smallest absolute Gasteiger partial charge is 0.0630 e. The molecule has 2 aliphatic rings. The SMILES string of the molecule is C1=CC2C(C=C1c1ccc3c(c1)c1ccccc1n3-c1ccccc1-c1ccccc1)c1ccccc1N2c1ccccc1. The van der Waals surface area contributed by atoms with Gasteiger partial charge in [0.2, 0.25) is 0 Å². The van der Waals surface area contributed by atoms with Crippen molar-refractivity contribution in [3.8, 4) is 16.8 Å². The number of benzene rings is 6. The molecular weight excluding hydrogens is 532 g/mol. The van der Waals surface area contributed by atoms with Crippen molar-refractivity contribution < 1.29 is 0 Å². The maximum Gasteiger partial charge on any atom is 0.0630 e. The summed E-state index contributed by atoms with van der Waals surface area (Å²) in [7, 11) is 0. The van der Waals surface area contributed by atoms with Crippen LogP contribution in [-0.4, -0.2) is 10.6 Å². The Morgan fingerprint density at radius 2 is 1.18 bits per heavy atom. The molecule has 0 bridgehead atoms. The third-order valence-electron chi connectivity index (χ3n) is 9.32. The number of aromatic nitrogens is 1. The first kappa shape index (κ1) is 24.9. The van der Waals surface area contributed by atoms with E-state index in [1.54, 1.807) is 0 Å². The van der Waals surface area contributed by atoms with Crippen LogP contribution in [0.2, 0.25) is 0 Å². The van der Waals surface area contributed by atoms with E-state index in [1.165, 1.54) is 66.7 Å². The number of hydrogen-bond acceptors (Lipinski definition) is 1. The zero-order valence-corrected chi connectivity index (χ0v) is 24.2. The van der Waals surface area contributed by atoms with E-state index in [0.717, 1.165) is 0 Å². The average Bonchev–Trinajstić information content (AvgIpc) is 3.61. The highest BCUT2D eigenvalue weighted by atomic mass is 15.2. The predicted molar refractivity (Wildman–Crippen MR) is 185 cm³/mol. The molecule has 0 N–H and O–H groups in total. The number of fused-ring (bicyclic) bond motifs is 6. The Morgan fingerprint density at radius 1 is 0.500 bits per heavy atom. The van der Waals surface area contributed by atoms with Crippen molar-refractivity contribution in [3.63, 3.8) is 0 Å². The lowest BCUT2D eigenvalue weighted by Crippen LogP contribution is -2.28. The van der Waals surface area contributed by atoms with Crippen LogP contribution in [-0.2, 0) is 0 Å². The number of nitrogens with zero attached hydrogens (tertiary/aromatic N) is 2. The van der Waals surface area contributed by atoms with Gasteiger partial charge in [0.15, 0.2) is 0 Å². The normalized spacial score (nSPS) is 17.1. The van der Waals surface area contributed by atoms with Crippen molar-refractivity contribution in [1.29, 1.82) is 0 Å². The zero-order chi connectivity index (χ0) is 29.0. The molecule has 7 aromatic rings. The molecule has 2 unspecified atom stereocenters. The van der Waals surface area contributed by atoms with Crippen LogP contribution in [0.15, 0.2) is 170 Å². The van der Waals surface area contributed by atoms with Gasteiger partial charge in [-0.2, -0.15) is 0 Å². The Hall–Kier alpha value is -5.60. The van der Waals surface area contributed by atoms with E-state index in [0.29, 0.717) is 5.92 Å². The third-order valence-corrected chi connectivity index (χ3v) is 9.32. The second-order valence-electron chi connectivity index (χ2n) is 11.7. The van der Waals surface area contributed by atoms with E-state index in [4.69, 9.17) is 0 Å². The van der Waals surface area contributed by atoms with Gasteiger partial charge in [-0.05, 0) is 64.7 Å². The van der Waals surface area contributed by atoms with Crippen molar-refractivity contribution >= 4 is 38.8 Å². The second kappa shape index (κ2) is 10.00. The monoisotopic (exact) mass is 562 g/mol. The molecule has 208 valence electrons. The molecule has 0 radical (unpaired) electrons. The molecule has 0 saturated heterocycles. The molecule has 9 rings (SSSR count). The van der Waals surface area contributed by atoms with Crippen LogP contribution in [0.1, 0.15) is 17.0 Å². The molecular formula is C42H30N2. The third kappa shape index (κ3) is 3.81. The molecule has 1 aliphatic carbocycles. The minimum atomic E-state index is 0.263. The fourth-order valence-electron chi connectivity index (χ4n) is 7.37. The van der Waals surface area contributed by atoms with Gasteiger partial charge in [-0.25, -0.2) is 0 Å². The molecule has 6 aromatic carbocycles. The van der Waals surface area contributed by atoms with Crippen molar-refractivity contribution in [1.82, 2.24) is 4.57 Å². The topological polar surface area (TPSA) is 8.17 Å². The fraction of sp³-hybridized carbons (Fsp3) is 0.0476. The maximum atomic E-state index is 2.49. The molecule has 2 nitrogen and oxygen atoms in total. The molecule has 0 fully saturated rings. The first-order valence-electron chi connectivity index (χ1n) is 15.4. The first-order valence-corrected chi connectivity index (χ1v) is 15.4. The van der Waals surface area contributed by atoms with Gasteiger partial charge in [0, 0.05) is 33.6 Å². The van der Waals surface area contributed by atoms with Crippen LogP contribution in [0.4, 0.5) is 11.4 Å². The highest BCUT2D eigenvalue weighted by molar-refractivity contribution is 6.10. The number of para-hydroxylation sites is 4. The molecule has 0 spiro atoms. The summed E-state index contributed by atoms with van der Waals surface area (Å²) >= 11 is 0. The number of rotatable bonds is 4. The predicted octanol–water partition coefficient (Wildman–Crippen LogP) is 10.7. The van der Waals surface area contributed by atoms with E-state index < -0.39 is 0 Å². The summed E-state index contributed by atoms with van der Waals surface area (Å²) in [5, 5.41) is 2.54. The van der Waals surface area contributed by atoms with E-state index in [-0.39, 0.29) is 6.04 Å². The molecule has 0 saturated carbocycles. The van der Waals surface area contributed by atoms with E-state index >= 15 is 0 Å². The van der Waals surface area contributed by atoms with Crippen LogP contribution in [0, 0.1) is 0 Å². The Kier molecular flexibility index (Phi) is 5.67. The van der Waals surface area contributed by atoms with Crippen LogP contribution < -0.4 is 4.90 Å². The minimum Gasteiger partial charge on any atom is -0.333 e. The van der Waals surface area contributed by atoms with Gasteiger partial charge in [0.1, 0.15) is 0 Å². The van der Waals surface area contributed by atoms with Crippen molar-refractivity contribution in [2.75, 3.05) is 4.90 Å². The van der Waals surface area contributed by atoms with Gasteiger partial charge in [0.05, 0.1) is 22.8 Å². The molecule has 1 aromatic heterocycles. The maximum absolute atomic E-state index is 2.49. The summed E-state index contributed by atoms with van der Waals surface area (Å²) in [6.07, 6.45) is 7.21. The summed E-state index contributed by atoms with van der Waals surface area (Å²) in [6, 6.07) is 55.2. The Morgan fingerprint density at radius 3 is 2.05 bits per heavy atom. The first-order chi connectivity index (χ1) is 21.8. The second-order valence-corrected chi connectivity index (χ2v) is 11.7. The number of hydrogen-bond donors (Lipinski definition) is 0. The number of allylic oxidation sites excluding steroid dienone is 2. The molecule has 0 amide bonds. The summed E-state index contributed by atoms with van der Waals surface area (Å²) in [5.41, 5.74) is 12.5. The molecule has 1 aliphatic heterocycles. The van der Waals surface area contributed by atoms with Crippen LogP contribution in [0.25, 0.3) is 44.2 Å². The molecule has 2 heterocycles. The lowest BCUT2D eigenvalue weighted by Gasteiger charge is -2.29.